The van der Waals surface area contributed by atoms with Crippen molar-refractivity contribution in [2.24, 2.45) is 0 Å². The molecule has 0 aliphatic carbocycles. The van der Waals surface area contributed by atoms with Gasteiger partial charge in [0.25, 0.3) is 5.91 Å². The van der Waals surface area contributed by atoms with Crippen LogP contribution in [-0.4, -0.2) is 40.2 Å². The second-order valence-electron chi connectivity index (χ2n) is 6.99. The molecule has 2 amide bonds. The predicted molar refractivity (Wildman–Crippen MR) is 104 cm³/mol. The first kappa shape index (κ1) is 19.6. The lowest BCUT2D eigenvalue weighted by Gasteiger charge is -2.17. The van der Waals surface area contributed by atoms with Crippen LogP contribution in [-0.2, 0) is 14.3 Å². The highest BCUT2D eigenvalue weighted by atomic mass is 16.5. The number of anilines is 2. The van der Waals surface area contributed by atoms with Gasteiger partial charge in [0.05, 0.1) is 11.8 Å². The van der Waals surface area contributed by atoms with Crippen molar-refractivity contribution in [1.82, 2.24) is 9.78 Å². The van der Waals surface area contributed by atoms with E-state index in [4.69, 9.17) is 4.74 Å². The minimum atomic E-state index is -0.970. The quantitative estimate of drug-likeness (QED) is 0.773. The molecule has 8 nitrogen and oxygen atoms in total. The maximum Gasteiger partial charge on any atom is 0.338 e. The summed E-state index contributed by atoms with van der Waals surface area (Å²) in [6.45, 7) is 6.10. The number of hydrogen-bond donors (Lipinski definition) is 1. The van der Waals surface area contributed by atoms with E-state index in [0.29, 0.717) is 24.3 Å². The van der Waals surface area contributed by atoms with Gasteiger partial charge in [0.2, 0.25) is 5.91 Å². The molecule has 0 spiro atoms. The van der Waals surface area contributed by atoms with Crippen LogP contribution in [0.3, 0.4) is 0 Å². The fourth-order valence-corrected chi connectivity index (χ4v) is 3.03. The van der Waals surface area contributed by atoms with Gasteiger partial charge in [0.15, 0.2) is 6.10 Å². The lowest BCUT2D eigenvalue weighted by molar-refractivity contribution is -0.123. The fourth-order valence-electron chi connectivity index (χ4n) is 3.03. The number of carbonyl (C=O) groups excluding carboxylic acids is 3. The zero-order valence-electron chi connectivity index (χ0n) is 16.2. The number of benzene rings is 1. The summed E-state index contributed by atoms with van der Waals surface area (Å²) in [7, 11) is 0. The summed E-state index contributed by atoms with van der Waals surface area (Å²) in [6.07, 6.45) is 2.01. The zero-order chi connectivity index (χ0) is 20.3. The second-order valence-corrected chi connectivity index (χ2v) is 6.99. The van der Waals surface area contributed by atoms with Crippen molar-refractivity contribution in [2.45, 2.75) is 45.8 Å². The van der Waals surface area contributed by atoms with Crippen LogP contribution in [0.2, 0.25) is 0 Å². The Bertz CT molecular complexity index is 873. The molecule has 2 heterocycles. The van der Waals surface area contributed by atoms with Crippen LogP contribution < -0.4 is 10.2 Å². The standard InChI is InChI=1S/C20H24N4O4/c1-13(2)24-17(10-11-21-24)22-19(26)14(3)28-20(27)15-6-8-16(9-7-15)23-12-4-5-18(23)25/h6-11,13-14H,4-5,12H2,1-3H3,(H,22,26)/t14-/m0/s1. The Kier molecular flexibility index (Phi) is 5.77. The van der Waals surface area contributed by atoms with E-state index in [1.54, 1.807) is 46.1 Å². The van der Waals surface area contributed by atoms with Gasteiger partial charge in [-0.1, -0.05) is 0 Å². The lowest BCUT2D eigenvalue weighted by atomic mass is 10.2. The van der Waals surface area contributed by atoms with Gasteiger partial charge in [-0.2, -0.15) is 5.10 Å². The molecule has 0 saturated carbocycles. The van der Waals surface area contributed by atoms with Crippen molar-refractivity contribution in [3.8, 4) is 0 Å². The Balaban J connectivity index is 1.59. The molecule has 0 unspecified atom stereocenters. The first-order valence-corrected chi connectivity index (χ1v) is 9.32. The minimum Gasteiger partial charge on any atom is -0.449 e. The number of nitrogens with one attached hydrogen (secondary N) is 1. The summed E-state index contributed by atoms with van der Waals surface area (Å²) < 4.78 is 6.94. The Morgan fingerprint density at radius 1 is 1.14 bits per heavy atom. The van der Waals surface area contributed by atoms with Gasteiger partial charge < -0.3 is 15.0 Å². The molecular formula is C20H24N4O4. The molecule has 1 N–H and O–H groups in total. The molecule has 1 aliphatic heterocycles. The SMILES string of the molecule is CC(C)n1nccc1NC(=O)[C@H](C)OC(=O)c1ccc(N2CCCC2=O)cc1. The number of nitrogens with zero attached hydrogens (tertiary/aromatic N) is 3. The van der Waals surface area contributed by atoms with Crippen LogP contribution in [0.4, 0.5) is 11.5 Å². The molecule has 1 aliphatic rings. The summed E-state index contributed by atoms with van der Waals surface area (Å²) in [5.74, 6) is -0.405. The molecule has 8 heteroatoms. The summed E-state index contributed by atoms with van der Waals surface area (Å²) in [5.41, 5.74) is 1.08. The second kappa shape index (κ2) is 8.24. The Labute approximate surface area is 163 Å². The predicted octanol–water partition coefficient (Wildman–Crippen LogP) is 2.77. The number of amides is 2. The average Bonchev–Trinajstić information content (AvgIpc) is 3.30. The third kappa shape index (κ3) is 4.21. The van der Waals surface area contributed by atoms with Crippen molar-refractivity contribution < 1.29 is 19.1 Å². The molecule has 1 aromatic heterocycles. The van der Waals surface area contributed by atoms with Crippen molar-refractivity contribution in [1.29, 1.82) is 0 Å². The molecule has 1 fully saturated rings. The van der Waals surface area contributed by atoms with Gasteiger partial charge >= 0.3 is 5.97 Å². The van der Waals surface area contributed by atoms with Gasteiger partial charge in [0.1, 0.15) is 5.82 Å². The molecule has 0 radical (unpaired) electrons. The molecule has 1 saturated heterocycles. The highest BCUT2D eigenvalue weighted by molar-refractivity contribution is 5.98. The number of carbonyl (C=O) groups is 3. The summed E-state index contributed by atoms with van der Waals surface area (Å²) >= 11 is 0. The number of esters is 1. The van der Waals surface area contributed by atoms with E-state index in [2.05, 4.69) is 10.4 Å². The highest BCUT2D eigenvalue weighted by Crippen LogP contribution is 2.22. The fraction of sp³-hybridized carbons (Fsp3) is 0.400. The Morgan fingerprint density at radius 3 is 2.46 bits per heavy atom. The maximum absolute atomic E-state index is 12.3. The summed E-state index contributed by atoms with van der Waals surface area (Å²) in [5, 5.41) is 6.87. The van der Waals surface area contributed by atoms with Crippen molar-refractivity contribution in [3.05, 3.63) is 42.1 Å². The highest BCUT2D eigenvalue weighted by Gasteiger charge is 2.23. The Morgan fingerprint density at radius 2 is 1.86 bits per heavy atom. The van der Waals surface area contributed by atoms with E-state index in [9.17, 15) is 14.4 Å². The van der Waals surface area contributed by atoms with Crippen molar-refractivity contribution in [3.63, 3.8) is 0 Å². The molecule has 1 aromatic carbocycles. The first-order valence-electron chi connectivity index (χ1n) is 9.32. The van der Waals surface area contributed by atoms with E-state index in [0.717, 1.165) is 12.1 Å². The van der Waals surface area contributed by atoms with E-state index >= 15 is 0 Å². The lowest BCUT2D eigenvalue weighted by Crippen LogP contribution is -2.31. The third-order valence-corrected chi connectivity index (χ3v) is 4.55. The van der Waals surface area contributed by atoms with Crippen LogP contribution in [0.5, 0.6) is 0 Å². The van der Waals surface area contributed by atoms with E-state index in [-0.39, 0.29) is 11.9 Å². The number of aromatic nitrogens is 2. The zero-order valence-corrected chi connectivity index (χ0v) is 16.2. The smallest absolute Gasteiger partial charge is 0.338 e. The first-order chi connectivity index (χ1) is 13.4. The normalized spacial score (nSPS) is 15.0. The molecular weight excluding hydrogens is 360 g/mol. The summed E-state index contributed by atoms with van der Waals surface area (Å²) in [6, 6.07) is 8.40. The van der Waals surface area contributed by atoms with Crippen LogP contribution in [0.15, 0.2) is 36.5 Å². The Hall–Kier alpha value is -3.16. The molecule has 28 heavy (non-hydrogen) atoms. The molecule has 0 bridgehead atoms. The number of rotatable bonds is 6. The van der Waals surface area contributed by atoms with Crippen LogP contribution in [0.1, 0.15) is 50.0 Å². The summed E-state index contributed by atoms with van der Waals surface area (Å²) in [4.78, 5) is 38.2. The number of hydrogen-bond acceptors (Lipinski definition) is 5. The molecule has 2 aromatic rings. The van der Waals surface area contributed by atoms with E-state index in [1.807, 2.05) is 13.8 Å². The van der Waals surface area contributed by atoms with Crippen LogP contribution in [0, 0.1) is 0 Å². The van der Waals surface area contributed by atoms with Crippen molar-refractivity contribution >= 4 is 29.3 Å². The van der Waals surface area contributed by atoms with Gasteiger partial charge in [-0.3, -0.25) is 9.59 Å². The van der Waals surface area contributed by atoms with Crippen LogP contribution >= 0.6 is 0 Å². The maximum atomic E-state index is 12.3. The van der Waals surface area contributed by atoms with E-state index < -0.39 is 18.0 Å². The van der Waals surface area contributed by atoms with Crippen LogP contribution in [0.25, 0.3) is 0 Å². The topological polar surface area (TPSA) is 93.5 Å². The van der Waals surface area contributed by atoms with Crippen molar-refractivity contribution in [2.75, 3.05) is 16.8 Å². The largest absolute Gasteiger partial charge is 0.449 e. The minimum absolute atomic E-state index is 0.0845. The van der Waals surface area contributed by atoms with Gasteiger partial charge in [-0.15, -0.1) is 0 Å². The van der Waals surface area contributed by atoms with Gasteiger partial charge in [-0.05, 0) is 51.5 Å². The number of ether oxygens (including phenoxy) is 1. The van der Waals surface area contributed by atoms with Gasteiger partial charge in [0, 0.05) is 30.8 Å². The third-order valence-electron chi connectivity index (χ3n) is 4.55. The monoisotopic (exact) mass is 384 g/mol. The average molecular weight is 384 g/mol. The van der Waals surface area contributed by atoms with Gasteiger partial charge in [-0.25, -0.2) is 9.48 Å². The van der Waals surface area contributed by atoms with E-state index in [1.165, 1.54) is 6.92 Å². The molecule has 148 valence electrons. The molecule has 3 rings (SSSR count). The molecule has 1 atom stereocenters.